The van der Waals surface area contributed by atoms with E-state index in [4.69, 9.17) is 4.74 Å². The molecule has 40 heavy (non-hydrogen) atoms. The number of anilines is 1. The summed E-state index contributed by atoms with van der Waals surface area (Å²) in [6.07, 6.45) is 0.961. The molecule has 1 atom stereocenters. The van der Waals surface area contributed by atoms with Crippen molar-refractivity contribution in [3.05, 3.63) is 89.0 Å². The Kier molecular flexibility index (Phi) is 10.6. The highest BCUT2D eigenvalue weighted by Crippen LogP contribution is 2.28. The van der Waals surface area contributed by atoms with Gasteiger partial charge in [0, 0.05) is 24.2 Å². The number of carbonyl (C=O) groups excluding carboxylic acids is 1. The summed E-state index contributed by atoms with van der Waals surface area (Å²) in [6, 6.07) is 19.8. The van der Waals surface area contributed by atoms with Crippen LogP contribution < -0.4 is 20.1 Å². The number of para-hydroxylation sites is 1. The number of aliphatic hydroxyl groups is 1. The van der Waals surface area contributed by atoms with Crippen LogP contribution in [0.4, 0.5) is 5.69 Å². The number of β-amino-alcohol motifs (C(OH)–C–C–N with tert-alkyl or cyclic N) is 1. The molecule has 0 aliphatic carbocycles. The van der Waals surface area contributed by atoms with Crippen LogP contribution in [-0.2, 0) is 34.2 Å². The van der Waals surface area contributed by atoms with Crippen molar-refractivity contribution >= 4 is 21.6 Å². The molecule has 0 aromatic heterocycles. The van der Waals surface area contributed by atoms with Crippen molar-refractivity contribution in [1.82, 2.24) is 10.6 Å². The third kappa shape index (κ3) is 9.86. The number of phenolic OH excluding ortho intramolecular Hbond substituents is 1. The molecule has 9 nitrogen and oxygen atoms in total. The molecular formula is C30H39N3O6S. The first-order valence-corrected chi connectivity index (χ1v) is 15.0. The fourth-order valence-corrected chi connectivity index (χ4v) is 4.91. The summed E-state index contributed by atoms with van der Waals surface area (Å²) in [5, 5.41) is 27.0. The molecule has 0 unspecified atom stereocenters. The zero-order valence-electron chi connectivity index (χ0n) is 23.4. The van der Waals surface area contributed by atoms with Gasteiger partial charge >= 0.3 is 0 Å². The van der Waals surface area contributed by atoms with Crippen LogP contribution in [0.5, 0.6) is 11.5 Å². The Morgan fingerprint density at radius 3 is 2.48 bits per heavy atom. The number of hydrogen-bond acceptors (Lipinski definition) is 7. The zero-order valence-corrected chi connectivity index (χ0v) is 24.2. The van der Waals surface area contributed by atoms with E-state index in [-0.39, 0.29) is 30.3 Å². The molecular weight excluding hydrogens is 530 g/mol. The van der Waals surface area contributed by atoms with E-state index in [0.717, 1.165) is 28.7 Å². The number of sulfonamides is 1. The molecule has 0 radical (unpaired) electrons. The predicted molar refractivity (Wildman–Crippen MR) is 157 cm³/mol. The zero-order chi connectivity index (χ0) is 29.3. The number of hydrogen-bond donors (Lipinski definition) is 5. The SMILES string of the molecule is CCOc1ccccc1CNC(=O)Cc1cccc(CC(C)(C)NC[C@H](O)c2ccc(O)c(NS(C)(=O)=O)c2)c1. The van der Waals surface area contributed by atoms with Gasteiger partial charge in [0.25, 0.3) is 0 Å². The first-order valence-electron chi connectivity index (χ1n) is 13.1. The molecule has 0 bridgehead atoms. The molecule has 5 N–H and O–H groups in total. The Morgan fingerprint density at radius 2 is 1.75 bits per heavy atom. The smallest absolute Gasteiger partial charge is 0.229 e. The van der Waals surface area contributed by atoms with Crippen LogP contribution in [0.15, 0.2) is 66.7 Å². The molecule has 1 amide bonds. The minimum atomic E-state index is -3.58. The summed E-state index contributed by atoms with van der Waals surface area (Å²) in [5.41, 5.74) is 2.95. The Hall–Kier alpha value is -3.60. The van der Waals surface area contributed by atoms with Crippen LogP contribution in [0.3, 0.4) is 0 Å². The lowest BCUT2D eigenvalue weighted by Gasteiger charge is -2.28. The van der Waals surface area contributed by atoms with E-state index in [2.05, 4.69) is 15.4 Å². The minimum Gasteiger partial charge on any atom is -0.506 e. The lowest BCUT2D eigenvalue weighted by molar-refractivity contribution is -0.120. The van der Waals surface area contributed by atoms with Crippen LogP contribution in [0.25, 0.3) is 0 Å². The van der Waals surface area contributed by atoms with Gasteiger partial charge in [0.2, 0.25) is 15.9 Å². The van der Waals surface area contributed by atoms with Crippen LogP contribution >= 0.6 is 0 Å². The van der Waals surface area contributed by atoms with E-state index in [1.165, 1.54) is 12.1 Å². The Bertz CT molecular complexity index is 1410. The molecule has 3 aromatic rings. The van der Waals surface area contributed by atoms with Crippen LogP contribution in [-0.4, -0.2) is 49.5 Å². The quantitative estimate of drug-likeness (QED) is 0.187. The van der Waals surface area contributed by atoms with Gasteiger partial charge in [-0.1, -0.05) is 48.5 Å². The highest BCUT2D eigenvalue weighted by atomic mass is 32.2. The summed E-state index contributed by atoms with van der Waals surface area (Å²) >= 11 is 0. The van der Waals surface area contributed by atoms with Crippen LogP contribution in [0, 0.1) is 0 Å². The maximum Gasteiger partial charge on any atom is 0.229 e. The van der Waals surface area contributed by atoms with Gasteiger partial charge in [0.1, 0.15) is 11.5 Å². The molecule has 3 aromatic carbocycles. The van der Waals surface area contributed by atoms with Crippen molar-refractivity contribution < 1.29 is 28.2 Å². The Labute approximate surface area is 236 Å². The van der Waals surface area contributed by atoms with Crippen LogP contribution in [0.2, 0.25) is 0 Å². The summed E-state index contributed by atoms with van der Waals surface area (Å²) in [5.74, 6) is 0.463. The lowest BCUT2D eigenvalue weighted by atomic mass is 9.93. The average Bonchev–Trinajstić information content (AvgIpc) is 2.87. The predicted octanol–water partition coefficient (Wildman–Crippen LogP) is 3.67. The van der Waals surface area contributed by atoms with Gasteiger partial charge in [0.05, 0.1) is 31.1 Å². The number of rotatable bonds is 14. The third-order valence-corrected chi connectivity index (χ3v) is 6.82. The molecule has 0 saturated heterocycles. The Balaban J connectivity index is 1.55. The van der Waals surface area contributed by atoms with E-state index >= 15 is 0 Å². The van der Waals surface area contributed by atoms with Gasteiger partial charge in [-0.05, 0) is 62.1 Å². The van der Waals surface area contributed by atoms with E-state index < -0.39 is 21.7 Å². The highest BCUT2D eigenvalue weighted by Gasteiger charge is 2.21. The number of ether oxygens (including phenoxy) is 1. The van der Waals surface area contributed by atoms with Crippen molar-refractivity contribution in [3.8, 4) is 11.5 Å². The first-order chi connectivity index (χ1) is 18.8. The summed E-state index contributed by atoms with van der Waals surface area (Å²) in [6.45, 7) is 7.11. The maximum absolute atomic E-state index is 12.6. The summed E-state index contributed by atoms with van der Waals surface area (Å²) in [7, 11) is -3.58. The number of aliphatic hydroxyl groups excluding tert-OH is 1. The van der Waals surface area contributed by atoms with Crippen molar-refractivity contribution in [2.45, 2.75) is 51.8 Å². The summed E-state index contributed by atoms with van der Waals surface area (Å²) in [4.78, 5) is 12.6. The number of nitrogens with one attached hydrogen (secondary N) is 3. The number of phenols is 1. The van der Waals surface area contributed by atoms with E-state index in [9.17, 15) is 23.4 Å². The highest BCUT2D eigenvalue weighted by molar-refractivity contribution is 7.92. The van der Waals surface area contributed by atoms with E-state index in [0.29, 0.717) is 25.1 Å². The number of carbonyl (C=O) groups is 1. The normalized spacial score (nSPS) is 12.5. The number of amides is 1. The van der Waals surface area contributed by atoms with Crippen LogP contribution in [0.1, 0.15) is 49.1 Å². The molecule has 216 valence electrons. The maximum atomic E-state index is 12.6. The second kappa shape index (κ2) is 13.6. The molecule has 0 saturated carbocycles. The standard InChI is InChI=1S/C30H39N3O6S/c1-5-39-28-12-7-6-11-24(28)19-31-29(36)16-21-9-8-10-22(15-21)18-30(2,3)32-20-27(35)23-13-14-26(34)25(17-23)33-40(4,37)38/h6-15,17,27,32-35H,5,16,18-20H2,1-4H3,(H,31,36)/t27-/m0/s1. The molecule has 0 heterocycles. The second-order valence-corrected chi connectivity index (χ2v) is 12.2. The molecule has 3 rings (SSSR count). The number of aromatic hydroxyl groups is 1. The van der Waals surface area contributed by atoms with Crippen molar-refractivity contribution in [3.63, 3.8) is 0 Å². The molecule has 10 heteroatoms. The Morgan fingerprint density at radius 1 is 1.02 bits per heavy atom. The molecule has 0 aliphatic heterocycles. The van der Waals surface area contributed by atoms with Gasteiger partial charge in [-0.2, -0.15) is 0 Å². The minimum absolute atomic E-state index is 0.0117. The van der Waals surface area contributed by atoms with Gasteiger partial charge < -0.3 is 25.6 Å². The van der Waals surface area contributed by atoms with E-state index in [1.54, 1.807) is 6.07 Å². The summed E-state index contributed by atoms with van der Waals surface area (Å²) < 4.78 is 31.0. The monoisotopic (exact) mass is 569 g/mol. The second-order valence-electron chi connectivity index (χ2n) is 10.4. The fourth-order valence-electron chi connectivity index (χ4n) is 4.34. The topological polar surface area (TPSA) is 137 Å². The molecule has 0 fully saturated rings. The average molecular weight is 570 g/mol. The van der Waals surface area contributed by atoms with Gasteiger partial charge in [-0.3, -0.25) is 9.52 Å². The first kappa shape index (κ1) is 30.9. The third-order valence-electron chi connectivity index (χ3n) is 6.23. The van der Waals surface area contributed by atoms with Gasteiger partial charge in [-0.25, -0.2) is 8.42 Å². The number of benzene rings is 3. The lowest BCUT2D eigenvalue weighted by Crippen LogP contribution is -2.43. The van der Waals surface area contributed by atoms with E-state index in [1.807, 2.05) is 69.3 Å². The van der Waals surface area contributed by atoms with Crippen molar-refractivity contribution in [2.24, 2.45) is 0 Å². The fraction of sp³-hybridized carbons (Fsp3) is 0.367. The molecule has 0 spiro atoms. The van der Waals surface area contributed by atoms with Crippen molar-refractivity contribution in [1.29, 1.82) is 0 Å². The largest absolute Gasteiger partial charge is 0.506 e. The van der Waals surface area contributed by atoms with Gasteiger partial charge in [-0.15, -0.1) is 0 Å². The molecule has 0 aliphatic rings. The van der Waals surface area contributed by atoms with Crippen molar-refractivity contribution in [2.75, 3.05) is 24.1 Å². The van der Waals surface area contributed by atoms with Gasteiger partial charge in [0.15, 0.2) is 0 Å².